The van der Waals surface area contributed by atoms with Gasteiger partial charge in [-0.2, -0.15) is 0 Å². The lowest BCUT2D eigenvalue weighted by Crippen LogP contribution is -2.29. The molecule has 1 atom stereocenters. The molecular weight excluding hydrogens is 461 g/mol. The van der Waals surface area contributed by atoms with E-state index in [1.54, 1.807) is 12.1 Å². The second kappa shape index (κ2) is 7.17. The summed E-state index contributed by atoms with van der Waals surface area (Å²) in [6.07, 6.45) is 0. The van der Waals surface area contributed by atoms with E-state index in [9.17, 15) is 14.0 Å². The Labute approximate surface area is 186 Å². The quantitative estimate of drug-likeness (QED) is 0.352. The Morgan fingerprint density at radius 2 is 1.68 bits per heavy atom. The summed E-state index contributed by atoms with van der Waals surface area (Å²) >= 11 is 3.47. The molecule has 4 nitrogen and oxygen atoms in total. The van der Waals surface area contributed by atoms with Gasteiger partial charge < -0.3 is 4.42 Å². The third-order valence-electron chi connectivity index (χ3n) is 5.76. The van der Waals surface area contributed by atoms with Crippen LogP contribution in [0.2, 0.25) is 0 Å². The van der Waals surface area contributed by atoms with Crippen LogP contribution in [-0.2, 0) is 0 Å². The maximum absolute atomic E-state index is 13.6. The number of halogens is 2. The van der Waals surface area contributed by atoms with Crippen LogP contribution in [0.5, 0.6) is 0 Å². The molecule has 0 fully saturated rings. The summed E-state index contributed by atoms with van der Waals surface area (Å²) < 4.78 is 20.4. The first kappa shape index (κ1) is 19.7. The molecule has 1 unspecified atom stereocenters. The SMILES string of the molecule is Cc1cc2oc3c(c(=O)c2cc1C)C(c1cccc(Br)c1)N(c1ccc(F)cc1)C3=O. The van der Waals surface area contributed by atoms with Crippen LogP contribution in [-0.4, -0.2) is 5.91 Å². The van der Waals surface area contributed by atoms with E-state index < -0.39 is 17.8 Å². The molecule has 31 heavy (non-hydrogen) atoms. The minimum Gasteiger partial charge on any atom is -0.450 e. The molecule has 0 saturated carbocycles. The highest BCUT2D eigenvalue weighted by molar-refractivity contribution is 9.10. The highest BCUT2D eigenvalue weighted by Crippen LogP contribution is 2.41. The molecule has 0 N–H and O–H groups in total. The summed E-state index contributed by atoms with van der Waals surface area (Å²) in [5, 5.41) is 0.440. The first-order valence-corrected chi connectivity index (χ1v) is 10.6. The summed E-state index contributed by atoms with van der Waals surface area (Å²) in [6, 6.07) is 16.0. The van der Waals surface area contributed by atoms with Gasteiger partial charge in [0.15, 0.2) is 5.43 Å². The Morgan fingerprint density at radius 3 is 2.39 bits per heavy atom. The van der Waals surface area contributed by atoms with Crippen molar-refractivity contribution in [3.8, 4) is 0 Å². The number of hydrogen-bond acceptors (Lipinski definition) is 3. The van der Waals surface area contributed by atoms with Gasteiger partial charge in [-0.1, -0.05) is 28.1 Å². The van der Waals surface area contributed by atoms with Gasteiger partial charge in [-0.05, 0) is 79.1 Å². The van der Waals surface area contributed by atoms with Gasteiger partial charge in [0.2, 0.25) is 5.76 Å². The largest absolute Gasteiger partial charge is 0.450 e. The zero-order valence-electron chi connectivity index (χ0n) is 16.8. The van der Waals surface area contributed by atoms with Crippen molar-refractivity contribution >= 4 is 38.5 Å². The molecule has 0 radical (unpaired) electrons. The van der Waals surface area contributed by atoms with E-state index >= 15 is 0 Å². The molecule has 1 aliphatic heterocycles. The van der Waals surface area contributed by atoms with Crippen LogP contribution in [0.15, 0.2) is 74.3 Å². The predicted octanol–water partition coefficient (Wildman–Crippen LogP) is 6.06. The molecule has 5 rings (SSSR count). The van der Waals surface area contributed by atoms with Crippen molar-refractivity contribution in [1.29, 1.82) is 0 Å². The van der Waals surface area contributed by atoms with E-state index in [-0.39, 0.29) is 11.2 Å². The van der Waals surface area contributed by atoms with Gasteiger partial charge in [-0.3, -0.25) is 14.5 Å². The second-order valence-corrected chi connectivity index (χ2v) is 8.63. The zero-order valence-corrected chi connectivity index (χ0v) is 18.4. The van der Waals surface area contributed by atoms with Crippen LogP contribution in [0.1, 0.15) is 38.9 Å². The number of aryl methyl sites for hydroxylation is 2. The smallest absolute Gasteiger partial charge is 0.295 e. The van der Waals surface area contributed by atoms with Crippen molar-refractivity contribution in [2.75, 3.05) is 4.90 Å². The molecule has 0 bridgehead atoms. The summed E-state index contributed by atoms with van der Waals surface area (Å²) in [4.78, 5) is 28.6. The first-order valence-electron chi connectivity index (χ1n) is 9.77. The summed E-state index contributed by atoms with van der Waals surface area (Å²) in [5.74, 6) is -0.809. The van der Waals surface area contributed by atoms with Gasteiger partial charge in [0, 0.05) is 10.2 Å². The van der Waals surface area contributed by atoms with E-state index in [4.69, 9.17) is 4.42 Å². The topological polar surface area (TPSA) is 50.5 Å². The summed E-state index contributed by atoms with van der Waals surface area (Å²) in [6.45, 7) is 3.86. The van der Waals surface area contributed by atoms with Crippen molar-refractivity contribution in [2.24, 2.45) is 0 Å². The fraction of sp³-hybridized carbons (Fsp3) is 0.120. The van der Waals surface area contributed by atoms with Gasteiger partial charge in [0.25, 0.3) is 5.91 Å². The van der Waals surface area contributed by atoms with Crippen LogP contribution in [0.25, 0.3) is 11.0 Å². The van der Waals surface area contributed by atoms with Crippen LogP contribution >= 0.6 is 15.9 Å². The maximum atomic E-state index is 13.6. The molecule has 1 aromatic heterocycles. The molecule has 0 spiro atoms. The van der Waals surface area contributed by atoms with Crippen LogP contribution in [0.4, 0.5) is 10.1 Å². The fourth-order valence-corrected chi connectivity index (χ4v) is 4.51. The van der Waals surface area contributed by atoms with Crippen LogP contribution < -0.4 is 10.3 Å². The number of rotatable bonds is 2. The summed E-state index contributed by atoms with van der Waals surface area (Å²) in [5.41, 5.74) is 3.62. The van der Waals surface area contributed by atoms with Gasteiger partial charge in [0.1, 0.15) is 11.4 Å². The lowest BCUT2D eigenvalue weighted by Gasteiger charge is -2.25. The van der Waals surface area contributed by atoms with E-state index in [2.05, 4.69) is 15.9 Å². The number of amides is 1. The molecule has 1 amide bonds. The molecule has 154 valence electrons. The van der Waals surface area contributed by atoms with Crippen molar-refractivity contribution in [3.63, 3.8) is 0 Å². The predicted molar refractivity (Wildman–Crippen MR) is 121 cm³/mol. The average molecular weight is 478 g/mol. The molecule has 1 aliphatic rings. The molecule has 4 aromatic rings. The van der Waals surface area contributed by atoms with Gasteiger partial charge in [-0.15, -0.1) is 0 Å². The lowest BCUT2D eigenvalue weighted by atomic mass is 9.97. The van der Waals surface area contributed by atoms with Gasteiger partial charge >= 0.3 is 0 Å². The Balaban J connectivity index is 1.83. The number of carbonyl (C=O) groups is 1. The Bertz CT molecular complexity index is 1430. The summed E-state index contributed by atoms with van der Waals surface area (Å²) in [7, 11) is 0. The Morgan fingerprint density at radius 1 is 0.968 bits per heavy atom. The standard InChI is InChI=1S/C25H17BrFNO3/c1-13-10-19-20(11-14(13)2)31-24-21(23(19)29)22(15-4-3-5-16(26)12-15)28(25(24)30)18-8-6-17(27)7-9-18/h3-12,22H,1-2H3. The van der Waals surface area contributed by atoms with Gasteiger partial charge in [-0.25, -0.2) is 4.39 Å². The van der Waals surface area contributed by atoms with E-state index in [1.807, 2.05) is 38.1 Å². The molecule has 3 aromatic carbocycles. The number of benzene rings is 3. The van der Waals surface area contributed by atoms with Crippen molar-refractivity contribution in [1.82, 2.24) is 0 Å². The number of hydrogen-bond donors (Lipinski definition) is 0. The Hall–Kier alpha value is -3.25. The monoisotopic (exact) mass is 477 g/mol. The van der Waals surface area contributed by atoms with E-state index in [0.717, 1.165) is 21.2 Å². The molecule has 2 heterocycles. The first-order chi connectivity index (χ1) is 14.8. The van der Waals surface area contributed by atoms with E-state index in [0.29, 0.717) is 22.2 Å². The van der Waals surface area contributed by atoms with Crippen molar-refractivity contribution in [3.05, 3.63) is 109 Å². The fourth-order valence-electron chi connectivity index (χ4n) is 4.09. The number of anilines is 1. The van der Waals surface area contributed by atoms with E-state index in [1.165, 1.54) is 29.2 Å². The van der Waals surface area contributed by atoms with Gasteiger partial charge in [0.05, 0.1) is 17.0 Å². The third-order valence-corrected chi connectivity index (χ3v) is 6.25. The normalized spacial score (nSPS) is 15.5. The number of fused-ring (bicyclic) bond motifs is 2. The maximum Gasteiger partial charge on any atom is 0.295 e. The molecule has 6 heteroatoms. The molecule has 0 aliphatic carbocycles. The van der Waals surface area contributed by atoms with Crippen molar-refractivity contribution < 1.29 is 13.6 Å². The second-order valence-electron chi connectivity index (χ2n) is 7.72. The highest BCUT2D eigenvalue weighted by Gasteiger charge is 2.43. The Kier molecular flexibility index (Phi) is 4.55. The number of carbonyl (C=O) groups excluding carboxylic acids is 1. The van der Waals surface area contributed by atoms with Crippen LogP contribution in [0.3, 0.4) is 0 Å². The van der Waals surface area contributed by atoms with Crippen LogP contribution in [0, 0.1) is 19.7 Å². The average Bonchev–Trinajstić information content (AvgIpc) is 3.03. The third kappa shape index (κ3) is 3.10. The van der Waals surface area contributed by atoms with Crippen molar-refractivity contribution in [2.45, 2.75) is 19.9 Å². The highest BCUT2D eigenvalue weighted by atomic mass is 79.9. The number of nitrogens with zero attached hydrogens (tertiary/aromatic N) is 1. The lowest BCUT2D eigenvalue weighted by molar-refractivity contribution is 0.0971. The minimum absolute atomic E-state index is 0.0232. The minimum atomic E-state index is -0.687. The molecule has 0 saturated heterocycles. The zero-order chi connectivity index (χ0) is 21.9. The molecular formula is C25H17BrFNO3.